The summed E-state index contributed by atoms with van der Waals surface area (Å²) in [6, 6.07) is 9.57. The van der Waals surface area contributed by atoms with E-state index in [4.69, 9.17) is 13.9 Å². The summed E-state index contributed by atoms with van der Waals surface area (Å²) in [6.45, 7) is 7.47. The maximum absolute atomic E-state index is 5.93. The molecule has 0 aromatic carbocycles. The summed E-state index contributed by atoms with van der Waals surface area (Å²) in [5.41, 5.74) is 2.02. The molecule has 9 heteroatoms. The van der Waals surface area contributed by atoms with E-state index >= 15 is 0 Å². The molecular formula is C22H26N6O3. The van der Waals surface area contributed by atoms with Crippen LogP contribution >= 0.6 is 0 Å². The van der Waals surface area contributed by atoms with Gasteiger partial charge in [0.1, 0.15) is 18.1 Å². The number of rotatable bonds is 8. The lowest BCUT2D eigenvalue weighted by atomic mass is 10.3. The Balaban J connectivity index is 1.46. The van der Waals surface area contributed by atoms with Gasteiger partial charge in [-0.2, -0.15) is 10.1 Å². The minimum absolute atomic E-state index is 0.230. The number of hydrogen-bond acceptors (Lipinski definition) is 9. The molecule has 1 aliphatic heterocycles. The molecule has 0 saturated carbocycles. The van der Waals surface area contributed by atoms with Crippen molar-refractivity contribution in [3.63, 3.8) is 0 Å². The van der Waals surface area contributed by atoms with E-state index in [1.165, 1.54) is 0 Å². The van der Waals surface area contributed by atoms with Gasteiger partial charge >= 0.3 is 0 Å². The number of ether oxygens (including phenoxy) is 2. The van der Waals surface area contributed by atoms with E-state index in [0.29, 0.717) is 43.8 Å². The molecule has 4 rings (SSSR count). The second-order valence-electron chi connectivity index (χ2n) is 7.22. The number of aromatic nitrogens is 3. The Morgan fingerprint density at radius 1 is 1.13 bits per heavy atom. The number of pyridine rings is 1. The fourth-order valence-electron chi connectivity index (χ4n) is 3.14. The van der Waals surface area contributed by atoms with Crippen LogP contribution < -0.4 is 9.64 Å². The van der Waals surface area contributed by atoms with Crippen LogP contribution in [0, 0.1) is 13.8 Å². The van der Waals surface area contributed by atoms with Gasteiger partial charge in [-0.25, -0.2) is 4.98 Å². The van der Waals surface area contributed by atoms with Gasteiger partial charge in [-0.15, -0.1) is 5.11 Å². The van der Waals surface area contributed by atoms with Crippen LogP contribution in [0.25, 0.3) is 0 Å². The van der Waals surface area contributed by atoms with Crippen molar-refractivity contribution in [3.05, 3.63) is 59.4 Å². The molecule has 0 aliphatic carbocycles. The van der Waals surface area contributed by atoms with Crippen LogP contribution in [0.4, 0.5) is 11.7 Å². The van der Waals surface area contributed by atoms with E-state index < -0.39 is 0 Å². The van der Waals surface area contributed by atoms with E-state index in [0.717, 1.165) is 35.9 Å². The summed E-state index contributed by atoms with van der Waals surface area (Å²) in [4.78, 5) is 15.7. The summed E-state index contributed by atoms with van der Waals surface area (Å²) in [6.07, 6.45) is 2.48. The van der Waals surface area contributed by atoms with Crippen molar-refractivity contribution in [1.82, 2.24) is 15.0 Å². The second-order valence-corrected chi connectivity index (χ2v) is 7.22. The number of nitrogens with zero attached hydrogens (tertiary/aromatic N) is 6. The van der Waals surface area contributed by atoms with Gasteiger partial charge in [-0.05, 0) is 31.5 Å². The monoisotopic (exact) mass is 422 g/mol. The molecule has 9 nitrogen and oxygen atoms in total. The average molecular weight is 422 g/mol. The molecule has 0 radical (unpaired) electrons. The van der Waals surface area contributed by atoms with E-state index in [9.17, 15) is 0 Å². The SMILES string of the molecule is Cc1cc(N=NCc2nc(OCCc3ccccn3)cc(N3CCOCC3)n2)oc1C. The van der Waals surface area contributed by atoms with Crippen LogP contribution in [0.5, 0.6) is 5.88 Å². The molecule has 0 N–H and O–H groups in total. The van der Waals surface area contributed by atoms with Gasteiger partial charge in [0.2, 0.25) is 11.8 Å². The van der Waals surface area contributed by atoms with Crippen LogP contribution in [0.1, 0.15) is 22.8 Å². The molecule has 3 aromatic heterocycles. The number of morpholine rings is 1. The average Bonchev–Trinajstić information content (AvgIpc) is 3.12. The fraction of sp³-hybridized carbons (Fsp3) is 0.409. The van der Waals surface area contributed by atoms with E-state index in [1.807, 2.05) is 44.2 Å². The van der Waals surface area contributed by atoms with Gasteiger partial charge in [0.25, 0.3) is 0 Å². The molecule has 0 unspecified atom stereocenters. The topological polar surface area (TPSA) is 98.2 Å². The van der Waals surface area contributed by atoms with Crippen LogP contribution in [0.15, 0.2) is 51.2 Å². The highest BCUT2D eigenvalue weighted by Gasteiger charge is 2.16. The lowest BCUT2D eigenvalue weighted by Gasteiger charge is -2.28. The van der Waals surface area contributed by atoms with E-state index in [1.54, 1.807) is 6.20 Å². The first kappa shape index (κ1) is 20.9. The van der Waals surface area contributed by atoms with Crippen LogP contribution in [0.2, 0.25) is 0 Å². The standard InChI is InChI=1S/C22H26N6O3/c1-16-13-22(31-17(16)2)27-24-15-19-25-20(28-8-11-29-12-9-28)14-21(26-19)30-10-6-18-5-3-4-7-23-18/h3-5,7,13-14H,6,8-12,15H2,1-2H3. The molecule has 0 atom stereocenters. The molecule has 1 saturated heterocycles. The summed E-state index contributed by atoms with van der Waals surface area (Å²) in [5.74, 6) is 3.18. The summed E-state index contributed by atoms with van der Waals surface area (Å²) in [5, 5.41) is 8.37. The fourth-order valence-corrected chi connectivity index (χ4v) is 3.14. The molecule has 0 amide bonds. The first-order valence-electron chi connectivity index (χ1n) is 10.4. The lowest BCUT2D eigenvalue weighted by molar-refractivity contribution is 0.122. The Kier molecular flexibility index (Phi) is 6.83. The summed E-state index contributed by atoms with van der Waals surface area (Å²) < 4.78 is 16.9. The molecule has 162 valence electrons. The maximum Gasteiger partial charge on any atom is 0.238 e. The normalized spacial score (nSPS) is 14.3. The molecule has 1 aliphatic rings. The van der Waals surface area contributed by atoms with Crippen LogP contribution in [-0.4, -0.2) is 47.9 Å². The lowest BCUT2D eigenvalue weighted by Crippen LogP contribution is -2.37. The molecule has 31 heavy (non-hydrogen) atoms. The zero-order chi connectivity index (χ0) is 21.5. The number of hydrogen-bond donors (Lipinski definition) is 0. The van der Waals surface area contributed by atoms with Crippen LogP contribution in [-0.2, 0) is 17.7 Å². The Morgan fingerprint density at radius 3 is 2.74 bits per heavy atom. The zero-order valence-electron chi connectivity index (χ0n) is 17.8. The largest absolute Gasteiger partial charge is 0.477 e. The number of anilines is 1. The van der Waals surface area contributed by atoms with Crippen molar-refractivity contribution in [3.8, 4) is 5.88 Å². The minimum atomic E-state index is 0.230. The zero-order valence-corrected chi connectivity index (χ0v) is 17.8. The van der Waals surface area contributed by atoms with Crippen LogP contribution in [0.3, 0.4) is 0 Å². The van der Waals surface area contributed by atoms with Crippen molar-refractivity contribution in [1.29, 1.82) is 0 Å². The van der Waals surface area contributed by atoms with E-state index in [2.05, 4.69) is 30.1 Å². The minimum Gasteiger partial charge on any atom is -0.477 e. The first-order chi connectivity index (χ1) is 15.2. The Bertz CT molecular complexity index is 996. The highest BCUT2D eigenvalue weighted by molar-refractivity contribution is 5.42. The van der Waals surface area contributed by atoms with Crippen molar-refractivity contribution >= 4 is 11.7 Å². The molecular weight excluding hydrogens is 396 g/mol. The third kappa shape index (κ3) is 5.85. The predicted molar refractivity (Wildman–Crippen MR) is 115 cm³/mol. The Labute approximate surface area is 181 Å². The first-order valence-corrected chi connectivity index (χ1v) is 10.4. The van der Waals surface area contributed by atoms with E-state index in [-0.39, 0.29) is 6.54 Å². The van der Waals surface area contributed by atoms with Gasteiger partial charge in [0.15, 0.2) is 5.82 Å². The van der Waals surface area contributed by atoms with Gasteiger partial charge in [0, 0.05) is 43.5 Å². The van der Waals surface area contributed by atoms with Crippen molar-refractivity contribution in [2.24, 2.45) is 10.2 Å². The highest BCUT2D eigenvalue weighted by atomic mass is 16.5. The number of furan rings is 1. The smallest absolute Gasteiger partial charge is 0.238 e. The van der Waals surface area contributed by atoms with Gasteiger partial charge in [-0.1, -0.05) is 6.07 Å². The molecule has 0 spiro atoms. The maximum atomic E-state index is 5.93. The predicted octanol–water partition coefficient (Wildman–Crippen LogP) is 3.82. The quantitative estimate of drug-likeness (QED) is 0.509. The molecule has 1 fully saturated rings. The number of azo groups is 1. The number of aryl methyl sites for hydroxylation is 2. The van der Waals surface area contributed by atoms with Gasteiger partial charge in [0.05, 0.1) is 19.8 Å². The van der Waals surface area contributed by atoms with Crippen molar-refractivity contribution in [2.45, 2.75) is 26.8 Å². The summed E-state index contributed by atoms with van der Waals surface area (Å²) in [7, 11) is 0. The molecule has 4 heterocycles. The highest BCUT2D eigenvalue weighted by Crippen LogP contribution is 2.22. The van der Waals surface area contributed by atoms with Crippen molar-refractivity contribution < 1.29 is 13.9 Å². The molecule has 3 aromatic rings. The third-order valence-electron chi connectivity index (χ3n) is 4.94. The third-order valence-corrected chi connectivity index (χ3v) is 4.94. The molecule has 0 bridgehead atoms. The Morgan fingerprint density at radius 2 is 2.00 bits per heavy atom. The second kappa shape index (κ2) is 10.1. The Hall–Kier alpha value is -3.33. The van der Waals surface area contributed by atoms with Gasteiger partial charge in [-0.3, -0.25) is 4.98 Å². The van der Waals surface area contributed by atoms with Gasteiger partial charge < -0.3 is 18.8 Å². The summed E-state index contributed by atoms with van der Waals surface area (Å²) >= 11 is 0. The van der Waals surface area contributed by atoms with Crippen molar-refractivity contribution in [2.75, 3.05) is 37.8 Å².